The molecule has 8 heteroatoms. The van der Waals surface area contributed by atoms with Crippen LogP contribution in [0.25, 0.3) is 0 Å². The van der Waals surface area contributed by atoms with Crippen molar-refractivity contribution in [1.29, 1.82) is 0 Å². The number of nitro groups is 1. The molecular formula is C16H15ClN2O5. The van der Waals surface area contributed by atoms with E-state index in [1.165, 1.54) is 25.3 Å². The van der Waals surface area contributed by atoms with Crippen LogP contribution in [0.2, 0.25) is 5.02 Å². The van der Waals surface area contributed by atoms with Crippen LogP contribution in [-0.2, 0) is 4.79 Å². The molecule has 0 aliphatic rings. The second kappa shape index (κ2) is 7.65. The molecule has 126 valence electrons. The number of nitrogens with one attached hydrogen (secondary N) is 1. The highest BCUT2D eigenvalue weighted by atomic mass is 35.5. The standard InChI is InChI=1S/C16H15ClN2O5/c1-10(24-13-6-3-11(17)4-7-13)16(20)18-14-9-12(19(21)22)5-8-15(14)23-2/h3-10H,1-2H3,(H,18,20). The predicted molar refractivity (Wildman–Crippen MR) is 89.8 cm³/mol. The predicted octanol–water partition coefficient (Wildman–Crippen LogP) is 3.66. The van der Waals surface area contributed by atoms with E-state index in [0.717, 1.165) is 0 Å². The van der Waals surface area contributed by atoms with Gasteiger partial charge in [-0.1, -0.05) is 11.6 Å². The van der Waals surface area contributed by atoms with Crippen LogP contribution in [-0.4, -0.2) is 24.0 Å². The third-order valence-corrected chi connectivity index (χ3v) is 3.40. The van der Waals surface area contributed by atoms with Crippen molar-refractivity contribution in [3.63, 3.8) is 0 Å². The molecule has 1 atom stereocenters. The lowest BCUT2D eigenvalue weighted by molar-refractivity contribution is -0.384. The smallest absolute Gasteiger partial charge is 0.271 e. The minimum Gasteiger partial charge on any atom is -0.495 e. The number of anilines is 1. The molecule has 24 heavy (non-hydrogen) atoms. The van der Waals surface area contributed by atoms with Crippen LogP contribution in [0, 0.1) is 10.1 Å². The molecule has 2 aromatic carbocycles. The zero-order valence-corrected chi connectivity index (χ0v) is 13.7. The van der Waals surface area contributed by atoms with Crippen molar-refractivity contribution in [3.05, 3.63) is 57.6 Å². The second-order valence-corrected chi connectivity index (χ2v) is 5.28. The molecule has 2 rings (SSSR count). The zero-order chi connectivity index (χ0) is 17.7. The van der Waals surface area contributed by atoms with Gasteiger partial charge in [-0.25, -0.2) is 0 Å². The molecule has 0 aromatic heterocycles. The molecule has 0 saturated heterocycles. The van der Waals surface area contributed by atoms with Gasteiger partial charge >= 0.3 is 0 Å². The summed E-state index contributed by atoms with van der Waals surface area (Å²) in [6.07, 6.45) is -0.824. The average Bonchev–Trinajstić information content (AvgIpc) is 2.56. The van der Waals surface area contributed by atoms with Gasteiger partial charge in [-0.15, -0.1) is 0 Å². The fourth-order valence-corrected chi connectivity index (χ4v) is 2.04. The van der Waals surface area contributed by atoms with E-state index < -0.39 is 16.9 Å². The Hall–Kier alpha value is -2.80. The molecule has 0 heterocycles. The van der Waals surface area contributed by atoms with E-state index in [1.807, 2.05) is 0 Å². The summed E-state index contributed by atoms with van der Waals surface area (Å²) in [6.45, 7) is 1.56. The van der Waals surface area contributed by atoms with Gasteiger partial charge in [0, 0.05) is 17.2 Å². The molecule has 1 N–H and O–H groups in total. The van der Waals surface area contributed by atoms with Crippen molar-refractivity contribution >= 4 is 28.9 Å². The van der Waals surface area contributed by atoms with E-state index in [2.05, 4.69) is 5.32 Å². The lowest BCUT2D eigenvalue weighted by Gasteiger charge is -2.16. The molecule has 1 amide bonds. The number of hydrogen-bond donors (Lipinski definition) is 1. The lowest BCUT2D eigenvalue weighted by Crippen LogP contribution is -2.30. The van der Waals surface area contributed by atoms with E-state index in [9.17, 15) is 14.9 Å². The van der Waals surface area contributed by atoms with Crippen molar-refractivity contribution in [2.75, 3.05) is 12.4 Å². The van der Waals surface area contributed by atoms with Gasteiger partial charge in [-0.3, -0.25) is 14.9 Å². The molecular weight excluding hydrogens is 336 g/mol. The molecule has 0 radical (unpaired) electrons. The van der Waals surface area contributed by atoms with Crippen molar-refractivity contribution in [2.24, 2.45) is 0 Å². The maximum atomic E-state index is 12.2. The van der Waals surface area contributed by atoms with Crippen LogP contribution in [0.3, 0.4) is 0 Å². The fraction of sp³-hybridized carbons (Fsp3) is 0.188. The molecule has 7 nitrogen and oxygen atoms in total. The lowest BCUT2D eigenvalue weighted by atomic mass is 10.2. The van der Waals surface area contributed by atoms with E-state index >= 15 is 0 Å². The number of carbonyl (C=O) groups is 1. The number of ether oxygens (including phenoxy) is 2. The number of amides is 1. The number of methoxy groups -OCH3 is 1. The minimum absolute atomic E-state index is 0.155. The highest BCUT2D eigenvalue weighted by Gasteiger charge is 2.19. The molecule has 0 aliphatic heterocycles. The van der Waals surface area contributed by atoms with Gasteiger partial charge in [-0.05, 0) is 37.3 Å². The number of halogens is 1. The van der Waals surface area contributed by atoms with E-state index in [1.54, 1.807) is 31.2 Å². The third kappa shape index (κ3) is 4.36. The van der Waals surface area contributed by atoms with Crippen molar-refractivity contribution in [2.45, 2.75) is 13.0 Å². The molecule has 1 unspecified atom stereocenters. The van der Waals surface area contributed by atoms with Crippen LogP contribution in [0.1, 0.15) is 6.92 Å². The minimum atomic E-state index is -0.824. The second-order valence-electron chi connectivity index (χ2n) is 4.84. The first-order chi connectivity index (χ1) is 11.4. The number of nitrogens with zero attached hydrogens (tertiary/aromatic N) is 1. The van der Waals surface area contributed by atoms with Gasteiger partial charge < -0.3 is 14.8 Å². The maximum absolute atomic E-state index is 12.2. The van der Waals surface area contributed by atoms with E-state index in [0.29, 0.717) is 16.5 Å². The van der Waals surface area contributed by atoms with Crippen LogP contribution in [0.5, 0.6) is 11.5 Å². The first-order valence-corrected chi connectivity index (χ1v) is 7.34. The van der Waals surface area contributed by atoms with Crippen molar-refractivity contribution in [1.82, 2.24) is 0 Å². The van der Waals surface area contributed by atoms with Gasteiger partial charge in [-0.2, -0.15) is 0 Å². The number of rotatable bonds is 6. The molecule has 0 aliphatic carbocycles. The van der Waals surface area contributed by atoms with E-state index in [4.69, 9.17) is 21.1 Å². The Morgan fingerprint density at radius 2 is 1.92 bits per heavy atom. The Balaban J connectivity index is 2.11. The number of hydrogen-bond acceptors (Lipinski definition) is 5. The quantitative estimate of drug-likeness (QED) is 0.634. The molecule has 0 saturated carbocycles. The maximum Gasteiger partial charge on any atom is 0.271 e. The summed E-state index contributed by atoms with van der Waals surface area (Å²) in [5.74, 6) is 0.324. The number of non-ortho nitro benzene ring substituents is 1. The summed E-state index contributed by atoms with van der Waals surface area (Å²) in [4.78, 5) is 22.6. The average molecular weight is 351 g/mol. The summed E-state index contributed by atoms with van der Waals surface area (Å²) >= 11 is 5.79. The summed E-state index contributed by atoms with van der Waals surface area (Å²) in [7, 11) is 1.41. The van der Waals surface area contributed by atoms with Crippen LogP contribution in [0.4, 0.5) is 11.4 Å². The van der Waals surface area contributed by atoms with Crippen LogP contribution >= 0.6 is 11.6 Å². The normalized spacial score (nSPS) is 11.5. The van der Waals surface area contributed by atoms with Crippen LogP contribution < -0.4 is 14.8 Å². The topological polar surface area (TPSA) is 90.7 Å². The number of benzene rings is 2. The van der Waals surface area contributed by atoms with Gasteiger partial charge in [0.1, 0.15) is 11.5 Å². The Kier molecular flexibility index (Phi) is 5.59. The Bertz CT molecular complexity index is 749. The third-order valence-electron chi connectivity index (χ3n) is 3.15. The van der Waals surface area contributed by atoms with Gasteiger partial charge in [0.05, 0.1) is 17.7 Å². The Labute approximate surface area is 143 Å². The fourth-order valence-electron chi connectivity index (χ4n) is 1.91. The first kappa shape index (κ1) is 17.6. The number of carbonyl (C=O) groups excluding carboxylic acids is 1. The SMILES string of the molecule is COc1ccc([N+](=O)[O-])cc1NC(=O)C(C)Oc1ccc(Cl)cc1. The van der Waals surface area contributed by atoms with E-state index in [-0.39, 0.29) is 11.4 Å². The van der Waals surface area contributed by atoms with Crippen molar-refractivity contribution < 1.29 is 19.2 Å². The molecule has 0 spiro atoms. The van der Waals surface area contributed by atoms with Gasteiger partial charge in [0.25, 0.3) is 11.6 Å². The highest BCUT2D eigenvalue weighted by molar-refractivity contribution is 6.30. The molecule has 0 bridgehead atoms. The summed E-state index contributed by atoms with van der Waals surface area (Å²) < 4.78 is 10.6. The van der Waals surface area contributed by atoms with Crippen LogP contribution in [0.15, 0.2) is 42.5 Å². The Morgan fingerprint density at radius 3 is 2.50 bits per heavy atom. The molecule has 2 aromatic rings. The summed E-state index contributed by atoms with van der Waals surface area (Å²) in [6, 6.07) is 10.5. The summed E-state index contributed by atoms with van der Waals surface area (Å²) in [5, 5.41) is 14.0. The molecule has 0 fully saturated rings. The number of nitro benzene ring substituents is 1. The van der Waals surface area contributed by atoms with Crippen molar-refractivity contribution in [3.8, 4) is 11.5 Å². The Morgan fingerprint density at radius 1 is 1.25 bits per heavy atom. The van der Waals surface area contributed by atoms with Gasteiger partial charge in [0.15, 0.2) is 6.10 Å². The zero-order valence-electron chi connectivity index (χ0n) is 13.0. The van der Waals surface area contributed by atoms with Gasteiger partial charge in [0.2, 0.25) is 0 Å². The first-order valence-electron chi connectivity index (χ1n) is 6.96. The largest absolute Gasteiger partial charge is 0.495 e. The summed E-state index contributed by atoms with van der Waals surface area (Å²) in [5.41, 5.74) is 0.0422. The highest BCUT2D eigenvalue weighted by Crippen LogP contribution is 2.29. The monoisotopic (exact) mass is 350 g/mol.